The van der Waals surface area contributed by atoms with Crippen LogP contribution in [0.2, 0.25) is 0 Å². The first-order valence-electron chi connectivity index (χ1n) is 15.7. The summed E-state index contributed by atoms with van der Waals surface area (Å²) in [5.41, 5.74) is 14.7. The lowest BCUT2D eigenvalue weighted by molar-refractivity contribution is -0.123. The Bertz CT molecular complexity index is 1490. The highest BCUT2D eigenvalue weighted by molar-refractivity contribution is 5.83. The number of hydrogen-bond acceptors (Lipinski definition) is 5. The molecule has 2 aliphatic heterocycles. The average molecular weight is 564 g/mol. The van der Waals surface area contributed by atoms with Crippen LogP contribution < -0.4 is 27.0 Å². The van der Waals surface area contributed by atoms with E-state index in [1.54, 1.807) is 0 Å². The molecule has 218 valence electrons. The van der Waals surface area contributed by atoms with Gasteiger partial charge in [-0.05, 0) is 96.9 Å². The summed E-state index contributed by atoms with van der Waals surface area (Å²) >= 11 is 0. The van der Waals surface area contributed by atoms with Gasteiger partial charge in [-0.25, -0.2) is 0 Å². The minimum atomic E-state index is -0.371. The quantitative estimate of drug-likeness (QED) is 0.309. The lowest BCUT2D eigenvalue weighted by atomic mass is 9.74. The maximum absolute atomic E-state index is 13.3. The van der Waals surface area contributed by atoms with Crippen LogP contribution >= 0.6 is 0 Å². The highest BCUT2D eigenvalue weighted by Crippen LogP contribution is 2.44. The molecule has 2 amide bonds. The van der Waals surface area contributed by atoms with E-state index < -0.39 is 0 Å². The van der Waals surface area contributed by atoms with Crippen LogP contribution in [0.3, 0.4) is 0 Å². The van der Waals surface area contributed by atoms with Crippen LogP contribution in [-0.2, 0) is 28.9 Å². The molecule has 42 heavy (non-hydrogen) atoms. The van der Waals surface area contributed by atoms with Gasteiger partial charge in [0.25, 0.3) is 0 Å². The zero-order valence-corrected chi connectivity index (χ0v) is 24.1. The van der Waals surface area contributed by atoms with Crippen molar-refractivity contribution in [3.05, 3.63) is 100 Å². The largest absolute Gasteiger partial charge is 0.381 e. The molecular weight excluding hydrogens is 522 g/mol. The second kappa shape index (κ2) is 11.5. The van der Waals surface area contributed by atoms with Gasteiger partial charge in [0.2, 0.25) is 11.8 Å². The smallest absolute Gasteiger partial charge is 0.237 e. The molecule has 0 bridgehead atoms. The number of hydrogen-bond donors (Lipinski definition) is 5. The Hall–Kier alpha value is -3.68. The molecule has 7 heteroatoms. The molecule has 0 radical (unpaired) electrons. The Morgan fingerprint density at radius 2 is 1.55 bits per heavy atom. The Morgan fingerprint density at radius 1 is 0.810 bits per heavy atom. The number of carbonyl (C=O) groups is 2. The molecule has 2 aliphatic carbocycles. The van der Waals surface area contributed by atoms with Crippen molar-refractivity contribution in [2.45, 2.75) is 87.5 Å². The summed E-state index contributed by atoms with van der Waals surface area (Å²) in [6.45, 7) is 0.734. The Morgan fingerprint density at radius 3 is 2.36 bits per heavy atom. The fourth-order valence-corrected chi connectivity index (χ4v) is 7.86. The van der Waals surface area contributed by atoms with E-state index in [0.29, 0.717) is 6.42 Å². The number of anilines is 1. The second-order valence-electron chi connectivity index (χ2n) is 12.6. The van der Waals surface area contributed by atoms with Crippen LogP contribution in [0.4, 0.5) is 5.69 Å². The van der Waals surface area contributed by atoms with Gasteiger partial charge in [0.15, 0.2) is 0 Å². The van der Waals surface area contributed by atoms with Crippen LogP contribution in [-0.4, -0.2) is 36.5 Å². The number of fused-ring (bicyclic) bond motifs is 3. The van der Waals surface area contributed by atoms with Gasteiger partial charge in [0, 0.05) is 30.2 Å². The number of primary amides is 1. The predicted molar refractivity (Wildman–Crippen MR) is 165 cm³/mol. The van der Waals surface area contributed by atoms with Gasteiger partial charge in [-0.2, -0.15) is 0 Å². The summed E-state index contributed by atoms with van der Waals surface area (Å²) in [5, 5.41) is 14.1. The van der Waals surface area contributed by atoms with Crippen LogP contribution in [0.25, 0.3) is 0 Å². The zero-order chi connectivity index (χ0) is 28.6. The molecular formula is C35H41N5O2. The van der Waals surface area contributed by atoms with Crippen molar-refractivity contribution in [3.63, 3.8) is 0 Å². The third-order valence-electron chi connectivity index (χ3n) is 9.95. The fourth-order valence-electron chi connectivity index (χ4n) is 7.86. The van der Waals surface area contributed by atoms with E-state index in [4.69, 9.17) is 5.73 Å². The predicted octanol–water partition coefficient (Wildman–Crippen LogP) is 4.18. The highest BCUT2D eigenvalue weighted by atomic mass is 16.2. The van der Waals surface area contributed by atoms with E-state index in [1.807, 2.05) is 0 Å². The van der Waals surface area contributed by atoms with Gasteiger partial charge in [0.05, 0.1) is 18.1 Å². The van der Waals surface area contributed by atoms with Gasteiger partial charge in [-0.3, -0.25) is 14.9 Å². The fraction of sp³-hybridized carbons (Fsp3) is 0.429. The lowest BCUT2D eigenvalue weighted by Crippen LogP contribution is -2.49. The van der Waals surface area contributed by atoms with Crippen LogP contribution in [0.1, 0.15) is 83.5 Å². The molecule has 3 aromatic rings. The number of amides is 2. The summed E-state index contributed by atoms with van der Waals surface area (Å²) in [6, 6.07) is 23.4. The van der Waals surface area contributed by atoms with Crippen LogP contribution in [0.5, 0.6) is 0 Å². The van der Waals surface area contributed by atoms with E-state index >= 15 is 0 Å². The van der Waals surface area contributed by atoms with E-state index in [9.17, 15) is 9.59 Å². The molecule has 2 unspecified atom stereocenters. The van der Waals surface area contributed by atoms with Crippen molar-refractivity contribution in [1.82, 2.24) is 16.0 Å². The number of rotatable bonds is 6. The maximum Gasteiger partial charge on any atom is 0.237 e. The molecule has 0 aromatic heterocycles. The number of benzene rings is 3. The van der Waals surface area contributed by atoms with Crippen molar-refractivity contribution in [1.29, 1.82) is 0 Å². The van der Waals surface area contributed by atoms with Crippen LogP contribution in [0.15, 0.2) is 66.7 Å². The lowest BCUT2D eigenvalue weighted by Gasteiger charge is -2.39. The van der Waals surface area contributed by atoms with Gasteiger partial charge in [-0.15, -0.1) is 0 Å². The van der Waals surface area contributed by atoms with Crippen molar-refractivity contribution in [2.75, 3.05) is 11.9 Å². The Kier molecular flexibility index (Phi) is 7.46. The number of aryl methyl sites for hydroxylation is 2. The second-order valence-corrected chi connectivity index (χ2v) is 12.6. The van der Waals surface area contributed by atoms with Crippen LogP contribution in [0, 0.1) is 0 Å². The summed E-state index contributed by atoms with van der Waals surface area (Å²) in [5.74, 6) is 0.0800. The first kappa shape index (κ1) is 27.2. The third-order valence-corrected chi connectivity index (χ3v) is 9.95. The normalized spacial score (nSPS) is 28.2. The van der Waals surface area contributed by atoms with E-state index in [1.165, 1.54) is 33.4 Å². The maximum atomic E-state index is 13.3. The first-order valence-corrected chi connectivity index (χ1v) is 15.7. The van der Waals surface area contributed by atoms with Crippen molar-refractivity contribution >= 4 is 17.5 Å². The molecule has 7 nitrogen and oxygen atoms in total. The van der Waals surface area contributed by atoms with E-state index in [-0.39, 0.29) is 47.9 Å². The van der Waals surface area contributed by atoms with Crippen molar-refractivity contribution < 1.29 is 9.59 Å². The van der Waals surface area contributed by atoms with Gasteiger partial charge >= 0.3 is 0 Å². The molecule has 6 N–H and O–H groups in total. The monoisotopic (exact) mass is 563 g/mol. The van der Waals surface area contributed by atoms with Gasteiger partial charge in [0.1, 0.15) is 0 Å². The van der Waals surface area contributed by atoms with Crippen molar-refractivity contribution in [2.24, 2.45) is 5.73 Å². The molecule has 0 saturated carbocycles. The average Bonchev–Trinajstić information content (AvgIpc) is 3.49. The summed E-state index contributed by atoms with van der Waals surface area (Å²) < 4.78 is 0. The molecule has 1 saturated heterocycles. The molecule has 3 aromatic carbocycles. The van der Waals surface area contributed by atoms with Gasteiger partial charge in [-0.1, -0.05) is 54.6 Å². The Balaban J connectivity index is 1.06. The molecule has 2 heterocycles. The van der Waals surface area contributed by atoms with Crippen molar-refractivity contribution in [3.8, 4) is 0 Å². The summed E-state index contributed by atoms with van der Waals surface area (Å²) in [7, 11) is 0. The van der Waals surface area contributed by atoms with E-state index in [0.717, 1.165) is 57.2 Å². The standard InChI is InChI=1S/C35H41N5O2/c36-34(41)31-17-23-15-16-24(18-29(23)33(39-31)28-13-5-9-21-7-1-3-11-26(21)28)38-25-19-32(37-20-25)35(42)40-30-14-6-10-22-8-2-4-12-27(22)30/h1-4,7-8,11-12,15-16,18,25,28,30-33,37-39H,5-6,9-10,13-14,17,19-20H2,(H2,36,41)(H,40,42)/t25-,28+,30+,31?,32-,33?/m0/s1. The highest BCUT2D eigenvalue weighted by Gasteiger charge is 2.37. The number of nitrogens with two attached hydrogens (primary N) is 1. The van der Waals surface area contributed by atoms with E-state index in [2.05, 4.69) is 88.0 Å². The summed E-state index contributed by atoms with van der Waals surface area (Å²) in [6.07, 6.45) is 7.83. The zero-order valence-electron chi connectivity index (χ0n) is 24.1. The molecule has 4 aliphatic rings. The number of carbonyl (C=O) groups excluding carboxylic acids is 2. The topological polar surface area (TPSA) is 108 Å². The molecule has 6 atom stereocenters. The van der Waals surface area contributed by atoms with Gasteiger partial charge < -0.3 is 21.7 Å². The molecule has 1 fully saturated rings. The SMILES string of the molecule is NC(=O)C1Cc2ccc(N[C@@H]3CN[C@H](C(=O)N[C@@H]4CCCc5ccccc54)C3)cc2C([C@@H]2CCCc3ccccc32)N1. The minimum absolute atomic E-state index is 0.0213. The Labute approximate surface area is 248 Å². The summed E-state index contributed by atoms with van der Waals surface area (Å²) in [4.78, 5) is 25.6. The number of nitrogens with one attached hydrogen (secondary N) is 4. The molecule has 7 rings (SSSR count). The minimum Gasteiger partial charge on any atom is -0.381 e. The third kappa shape index (κ3) is 5.32. The first-order chi connectivity index (χ1) is 20.5. The molecule has 0 spiro atoms.